The quantitative estimate of drug-likeness (QED) is 0.819. The highest BCUT2D eigenvalue weighted by molar-refractivity contribution is 7.09. The number of thiazole rings is 1. The van der Waals surface area contributed by atoms with Gasteiger partial charge in [-0.3, -0.25) is 4.79 Å². The molecule has 0 N–H and O–H groups in total. The number of carbonyl (C=O) groups excluding carboxylic acids is 1. The third kappa shape index (κ3) is 3.79. The maximum Gasteiger partial charge on any atom is 0.229 e. The van der Waals surface area contributed by atoms with Gasteiger partial charge in [-0.25, -0.2) is 4.98 Å². The predicted molar refractivity (Wildman–Crippen MR) is 98.4 cm³/mol. The highest BCUT2D eigenvalue weighted by atomic mass is 32.1. The molecule has 0 unspecified atom stereocenters. The van der Waals surface area contributed by atoms with E-state index in [-0.39, 0.29) is 11.8 Å². The van der Waals surface area contributed by atoms with Gasteiger partial charge in [0, 0.05) is 18.3 Å². The topological polar surface area (TPSA) is 51.7 Å². The van der Waals surface area contributed by atoms with E-state index in [0.717, 1.165) is 27.8 Å². The molecule has 1 aliphatic rings. The largest absolute Gasteiger partial charge is 0.493 e. The van der Waals surface area contributed by atoms with Gasteiger partial charge < -0.3 is 14.4 Å². The zero-order valence-corrected chi connectivity index (χ0v) is 15.9. The molecule has 0 aliphatic carbocycles. The Hall–Kier alpha value is -2.08. The third-order valence-electron chi connectivity index (χ3n) is 4.36. The highest BCUT2D eigenvalue weighted by Gasteiger charge is 2.30. The van der Waals surface area contributed by atoms with Gasteiger partial charge in [-0.15, -0.1) is 11.3 Å². The SMILES string of the molecule is COc1cccc2c1OC[C@@H](C(=O)N(C)Cc1csc(C(C)C)n1)C2. The second-order valence-electron chi connectivity index (χ2n) is 6.69. The van der Waals surface area contributed by atoms with Gasteiger partial charge in [0.1, 0.15) is 6.61 Å². The van der Waals surface area contributed by atoms with E-state index in [1.165, 1.54) is 0 Å². The average Bonchev–Trinajstić information content (AvgIpc) is 3.08. The lowest BCUT2D eigenvalue weighted by atomic mass is 9.95. The van der Waals surface area contributed by atoms with Crippen LogP contribution in [0.25, 0.3) is 0 Å². The van der Waals surface area contributed by atoms with Crippen LogP contribution in [0.5, 0.6) is 11.5 Å². The zero-order valence-electron chi connectivity index (χ0n) is 15.1. The molecule has 5 nitrogen and oxygen atoms in total. The fourth-order valence-corrected chi connectivity index (χ4v) is 3.83. The monoisotopic (exact) mass is 360 g/mol. The minimum Gasteiger partial charge on any atom is -0.493 e. The number of hydrogen-bond donors (Lipinski definition) is 0. The Bertz CT molecular complexity index is 757. The van der Waals surface area contributed by atoms with E-state index in [2.05, 4.69) is 18.8 Å². The van der Waals surface area contributed by atoms with E-state index in [1.807, 2.05) is 30.6 Å². The maximum atomic E-state index is 12.8. The molecule has 0 radical (unpaired) electrons. The first-order valence-corrected chi connectivity index (χ1v) is 9.35. The summed E-state index contributed by atoms with van der Waals surface area (Å²) in [6.07, 6.45) is 0.671. The van der Waals surface area contributed by atoms with Crippen LogP contribution in [0.3, 0.4) is 0 Å². The lowest BCUT2D eigenvalue weighted by Crippen LogP contribution is -2.38. The number of para-hydroxylation sites is 1. The summed E-state index contributed by atoms with van der Waals surface area (Å²) in [4.78, 5) is 19.2. The molecule has 1 atom stereocenters. The first kappa shape index (κ1) is 17.7. The van der Waals surface area contributed by atoms with Crippen LogP contribution in [0.2, 0.25) is 0 Å². The van der Waals surface area contributed by atoms with Crippen LogP contribution in [-0.4, -0.2) is 36.6 Å². The van der Waals surface area contributed by atoms with Crippen molar-refractivity contribution >= 4 is 17.2 Å². The Morgan fingerprint density at radius 3 is 2.96 bits per heavy atom. The summed E-state index contributed by atoms with van der Waals surface area (Å²) < 4.78 is 11.2. The van der Waals surface area contributed by atoms with Crippen LogP contribution in [-0.2, 0) is 17.8 Å². The molecule has 6 heteroatoms. The van der Waals surface area contributed by atoms with Gasteiger partial charge in [-0.05, 0) is 18.1 Å². The number of methoxy groups -OCH3 is 1. The van der Waals surface area contributed by atoms with Gasteiger partial charge in [0.25, 0.3) is 0 Å². The first-order chi connectivity index (χ1) is 12.0. The summed E-state index contributed by atoms with van der Waals surface area (Å²) in [5.74, 6) is 1.82. The van der Waals surface area contributed by atoms with Gasteiger partial charge in [0.15, 0.2) is 11.5 Å². The van der Waals surface area contributed by atoms with Crippen molar-refractivity contribution in [2.75, 3.05) is 20.8 Å². The smallest absolute Gasteiger partial charge is 0.229 e. The Morgan fingerprint density at radius 1 is 1.48 bits per heavy atom. The van der Waals surface area contributed by atoms with Crippen molar-refractivity contribution in [1.29, 1.82) is 0 Å². The summed E-state index contributed by atoms with van der Waals surface area (Å²) >= 11 is 1.65. The van der Waals surface area contributed by atoms with Crippen molar-refractivity contribution in [3.63, 3.8) is 0 Å². The predicted octanol–water partition coefficient (Wildman–Crippen LogP) is 3.48. The lowest BCUT2D eigenvalue weighted by Gasteiger charge is -2.28. The van der Waals surface area contributed by atoms with E-state index >= 15 is 0 Å². The molecule has 2 heterocycles. The molecule has 2 aromatic rings. The minimum atomic E-state index is -0.173. The second kappa shape index (κ2) is 7.44. The van der Waals surface area contributed by atoms with Crippen molar-refractivity contribution in [3.05, 3.63) is 39.8 Å². The number of rotatable bonds is 5. The summed E-state index contributed by atoms with van der Waals surface area (Å²) in [6, 6.07) is 5.80. The van der Waals surface area contributed by atoms with Crippen LogP contribution in [0.15, 0.2) is 23.6 Å². The van der Waals surface area contributed by atoms with Crippen LogP contribution in [0, 0.1) is 5.92 Å². The number of nitrogens with zero attached hydrogens (tertiary/aromatic N) is 2. The molecule has 3 rings (SSSR count). The molecule has 1 aromatic heterocycles. The van der Waals surface area contributed by atoms with Crippen LogP contribution < -0.4 is 9.47 Å². The van der Waals surface area contributed by atoms with Crippen LogP contribution in [0.4, 0.5) is 0 Å². The van der Waals surface area contributed by atoms with Crippen LogP contribution in [0.1, 0.15) is 36.0 Å². The summed E-state index contributed by atoms with van der Waals surface area (Å²) in [7, 11) is 3.46. The lowest BCUT2D eigenvalue weighted by molar-refractivity contribution is -0.136. The van der Waals surface area contributed by atoms with E-state index in [1.54, 1.807) is 23.3 Å². The van der Waals surface area contributed by atoms with E-state index < -0.39 is 0 Å². The Morgan fingerprint density at radius 2 is 2.28 bits per heavy atom. The fraction of sp³-hybridized carbons (Fsp3) is 0.474. The molecule has 0 saturated carbocycles. The maximum absolute atomic E-state index is 12.8. The van der Waals surface area contributed by atoms with E-state index in [0.29, 0.717) is 25.5 Å². The number of fused-ring (bicyclic) bond motifs is 1. The number of benzene rings is 1. The average molecular weight is 360 g/mol. The zero-order chi connectivity index (χ0) is 18.0. The molecule has 1 amide bonds. The van der Waals surface area contributed by atoms with Crippen molar-refractivity contribution in [3.8, 4) is 11.5 Å². The van der Waals surface area contributed by atoms with Gasteiger partial charge >= 0.3 is 0 Å². The highest BCUT2D eigenvalue weighted by Crippen LogP contribution is 2.36. The summed E-state index contributed by atoms with van der Waals surface area (Å²) in [6.45, 7) is 5.17. The van der Waals surface area contributed by atoms with E-state index in [4.69, 9.17) is 9.47 Å². The number of amides is 1. The number of carbonyl (C=O) groups is 1. The van der Waals surface area contributed by atoms with Gasteiger partial charge in [-0.1, -0.05) is 26.0 Å². The van der Waals surface area contributed by atoms with Gasteiger partial charge in [0.2, 0.25) is 5.91 Å². The molecule has 0 bridgehead atoms. The molecule has 0 saturated heterocycles. The van der Waals surface area contributed by atoms with Gasteiger partial charge in [-0.2, -0.15) is 0 Å². The molecule has 0 spiro atoms. The second-order valence-corrected chi connectivity index (χ2v) is 7.58. The summed E-state index contributed by atoms with van der Waals surface area (Å²) in [5, 5.41) is 3.15. The minimum absolute atomic E-state index is 0.0903. The summed E-state index contributed by atoms with van der Waals surface area (Å²) in [5.41, 5.74) is 1.97. The standard InChI is InChI=1S/C19H24N2O3S/c1-12(2)18-20-15(11-25-18)9-21(3)19(22)14-8-13-6-5-7-16(23-4)17(13)24-10-14/h5-7,11-12,14H,8-10H2,1-4H3/t14-/m0/s1. The number of aromatic nitrogens is 1. The van der Waals surface area contributed by atoms with Gasteiger partial charge in [0.05, 0.1) is 30.3 Å². The molecular formula is C19H24N2O3S. The normalized spacial score (nSPS) is 16.3. The van der Waals surface area contributed by atoms with Crippen molar-refractivity contribution < 1.29 is 14.3 Å². The van der Waals surface area contributed by atoms with Crippen LogP contribution >= 0.6 is 11.3 Å². The number of hydrogen-bond acceptors (Lipinski definition) is 5. The third-order valence-corrected chi connectivity index (χ3v) is 5.56. The van der Waals surface area contributed by atoms with E-state index in [9.17, 15) is 4.79 Å². The molecule has 0 fully saturated rings. The molecule has 25 heavy (non-hydrogen) atoms. The Kier molecular flexibility index (Phi) is 5.27. The fourth-order valence-electron chi connectivity index (χ4n) is 3.01. The molecule has 1 aromatic carbocycles. The number of ether oxygens (including phenoxy) is 2. The van der Waals surface area contributed by atoms with Crippen molar-refractivity contribution in [1.82, 2.24) is 9.88 Å². The Labute approximate surface area is 152 Å². The molecule has 134 valence electrons. The Balaban J connectivity index is 1.66. The first-order valence-electron chi connectivity index (χ1n) is 8.47. The van der Waals surface area contributed by atoms with Crippen molar-refractivity contribution in [2.24, 2.45) is 5.92 Å². The van der Waals surface area contributed by atoms with Crippen molar-refractivity contribution in [2.45, 2.75) is 32.7 Å². The molecular weight excluding hydrogens is 336 g/mol. The molecule has 1 aliphatic heterocycles.